The van der Waals surface area contributed by atoms with Crippen molar-refractivity contribution in [1.29, 1.82) is 0 Å². The van der Waals surface area contributed by atoms with Crippen molar-refractivity contribution in [2.75, 3.05) is 20.7 Å². The summed E-state index contributed by atoms with van der Waals surface area (Å²) in [5.41, 5.74) is 1.41. The predicted molar refractivity (Wildman–Crippen MR) is 409 cm³/mol. The number of amides is 1. The topological polar surface area (TPSA) is 303 Å². The van der Waals surface area contributed by atoms with Crippen molar-refractivity contribution in [3.8, 4) is 0 Å². The lowest BCUT2D eigenvalue weighted by Gasteiger charge is -2.55. The lowest BCUT2D eigenvalue weighted by Crippen LogP contribution is -2.66. The van der Waals surface area contributed by atoms with Gasteiger partial charge >= 0.3 is 11.9 Å². The molecule has 1 amide bonds. The van der Waals surface area contributed by atoms with E-state index in [0.717, 1.165) is 48.8 Å². The zero-order valence-corrected chi connectivity index (χ0v) is 68.9. The third-order valence-electron chi connectivity index (χ3n) is 29.6. The molecule has 113 heavy (non-hydrogen) atoms. The van der Waals surface area contributed by atoms with E-state index in [4.69, 9.17) is 77.6 Å². The fraction of sp³-hybridized carbons (Fsp3) is 0.818. The highest BCUT2D eigenvalue weighted by molar-refractivity contribution is 5.91. The summed E-state index contributed by atoms with van der Waals surface area (Å²) >= 11 is 0. The molecule has 628 valence electrons. The van der Waals surface area contributed by atoms with E-state index in [1.165, 1.54) is 6.92 Å². The molecule has 36 atom stereocenters. The normalized spacial score (nSPS) is 46.2. The molecule has 0 aliphatic carbocycles. The molecule has 17 heterocycles. The van der Waals surface area contributed by atoms with Gasteiger partial charge in [-0.15, -0.1) is 0 Å². The van der Waals surface area contributed by atoms with Crippen molar-refractivity contribution in [2.24, 2.45) is 46.8 Å². The molecule has 13 bridgehead atoms. The van der Waals surface area contributed by atoms with Gasteiger partial charge in [-0.25, -0.2) is 4.79 Å². The standard InChI is InChI=1S/C60H84O19.C28H44N2O4/c1-25-11-33-14-35-34-13-31(7-9-37(25)66-33)65-43(28(34)4)20-57(6)56(72-47(64)15-32-8-10-38-51(67-32)55-54-53(68-38)52-45(71-54)23-60(35,78-52)79-55)29(5)50-42(73-57)17-40-44(70-50)21-59(74-40)22-46-49(77-59)27(3)19-58(76-46)18-26(2)48-41(75-58)16-39(69-48)36(63)12-30(62)24-61;1-18(2)22(16-19(3)26(33)34)30(10)25(32)21(27(4,5)6)17-23(31)24(29-9)28(7,8)20-14-12-11-13-15-20/h26-27,29-46,48-56,61-63H,1,4,7-24H2,2-3,5-6H3;11-16,18,21-22,24,29H,17H2,1-10H3,(H,33,34)/b;19-16+/t26-,27?,29-,30?,31?,32?,33+,34?,35?,36?,37?,38-,39-,40?,41-,42?,43?,44?,45?,46-,48-,49-,50?,51?,52+,53?,54-,55-,56?,57-,58+,59-,60+;21-,22-,24+/m01/s1. The number of likely N-dealkylation sites (N-methyl/N-ethyl adjacent to an activating group) is 2. The SMILES string of the molecule is C=C1C[C@@H]2CC3C4CC(CCC1O2)OC(C[C@]1(C)OC2CC5O[C@]6(CC5OC2[C@H](C)C1OC(=O)CC1CC[C@@H]2OC5[C@@H]7O[C@@]38CC7O[C@@H]5[C@@H](O8)C2O1)C[C@@H]1O[C@@]2(CC(C)[C@@H]1O6)C[C@H](C)[C@@H]1O[C@H](C(O)CC(O)CO)C[C@@H]1O2)C4=C.CN[C@@H](C(=O)C[C@H](C(=O)N(C)[C@H](/C=C(\C)C(=O)O)C(C)C)C(C)(C)C)C(C)(C)c1ccccc1. The average molecular weight is 1580 g/mol. The van der Waals surface area contributed by atoms with Gasteiger partial charge in [0.05, 0.1) is 135 Å². The van der Waals surface area contributed by atoms with Crippen LogP contribution >= 0.6 is 0 Å². The monoisotopic (exact) mass is 1580 g/mol. The zero-order chi connectivity index (χ0) is 80.2. The number of Topliss-reactive ketones (excluding diaryl/α,β-unsaturated/α-hetero) is 1. The van der Waals surface area contributed by atoms with Crippen molar-refractivity contribution in [1.82, 2.24) is 10.2 Å². The molecule has 18 rings (SSSR count). The smallest absolute Gasteiger partial charge is 0.331 e. The maximum atomic E-state index is 14.7. The summed E-state index contributed by atoms with van der Waals surface area (Å²) in [7, 11) is 3.48. The van der Waals surface area contributed by atoms with Gasteiger partial charge in [0.1, 0.15) is 42.2 Å². The lowest BCUT2D eigenvalue weighted by atomic mass is 9.68. The lowest BCUT2D eigenvalue weighted by molar-refractivity contribution is -0.347. The first-order valence-corrected chi connectivity index (χ1v) is 42.8. The molecule has 17 aliphatic rings. The Labute approximate surface area is 666 Å². The third kappa shape index (κ3) is 15.3. The van der Waals surface area contributed by atoms with Gasteiger partial charge in [-0.1, -0.05) is 119 Å². The van der Waals surface area contributed by atoms with Crippen LogP contribution < -0.4 is 5.32 Å². The molecule has 5 N–H and O–H groups in total. The Morgan fingerprint density at radius 2 is 1.31 bits per heavy atom. The summed E-state index contributed by atoms with van der Waals surface area (Å²) < 4.78 is 106. The summed E-state index contributed by atoms with van der Waals surface area (Å²) in [5, 5.41) is 42.9. The first-order valence-electron chi connectivity index (χ1n) is 42.8. The minimum atomic E-state index is -1.02. The number of benzene rings is 1. The van der Waals surface area contributed by atoms with Gasteiger partial charge in [0, 0.05) is 100.0 Å². The van der Waals surface area contributed by atoms with Gasteiger partial charge in [-0.05, 0) is 112 Å². The maximum Gasteiger partial charge on any atom is 0.331 e. The molecule has 17 fully saturated rings. The van der Waals surface area contributed by atoms with Crippen LogP contribution in [-0.4, -0.2) is 251 Å². The van der Waals surface area contributed by atoms with E-state index >= 15 is 0 Å². The largest absolute Gasteiger partial charge is 0.478 e. The van der Waals surface area contributed by atoms with Crippen LogP contribution in [0.4, 0.5) is 0 Å². The van der Waals surface area contributed by atoms with E-state index in [1.54, 1.807) is 25.1 Å². The van der Waals surface area contributed by atoms with Crippen LogP contribution in [0.2, 0.25) is 0 Å². The van der Waals surface area contributed by atoms with Crippen molar-refractivity contribution in [2.45, 2.75) is 386 Å². The molecule has 17 unspecified atom stereocenters. The van der Waals surface area contributed by atoms with E-state index in [1.807, 2.05) is 78.8 Å². The number of esters is 1. The summed E-state index contributed by atoms with van der Waals surface area (Å²) in [6.07, 6.45) is 2.67. The Balaban J connectivity index is 0.000000241. The minimum Gasteiger partial charge on any atom is -0.478 e. The number of carbonyl (C=O) groups is 4. The number of carbonyl (C=O) groups excluding carboxylic acids is 3. The van der Waals surface area contributed by atoms with Crippen molar-refractivity contribution < 1.29 is 111 Å². The molecule has 25 nitrogen and oxygen atoms in total. The second-order valence-electron chi connectivity index (χ2n) is 39.4. The van der Waals surface area contributed by atoms with Crippen LogP contribution in [0.1, 0.15) is 204 Å². The Morgan fingerprint density at radius 3 is 2.03 bits per heavy atom. The molecule has 17 saturated heterocycles. The molecule has 25 heteroatoms. The number of rotatable bonds is 15. The number of ketones is 1. The van der Waals surface area contributed by atoms with Gasteiger partial charge in [0.25, 0.3) is 0 Å². The van der Waals surface area contributed by atoms with Gasteiger partial charge in [-0.2, -0.15) is 0 Å². The van der Waals surface area contributed by atoms with Crippen molar-refractivity contribution in [3.05, 3.63) is 71.8 Å². The number of fused-ring (bicyclic) bond motifs is 10. The molecule has 3 spiro atoms. The molecular weight excluding hydrogens is 1450 g/mol. The number of ether oxygens (including phenoxy) is 15. The molecule has 0 aromatic heterocycles. The van der Waals surface area contributed by atoms with Gasteiger partial charge in [-0.3, -0.25) is 14.4 Å². The highest BCUT2D eigenvalue weighted by atomic mass is 16.8. The third-order valence-corrected chi connectivity index (χ3v) is 29.6. The first-order chi connectivity index (χ1) is 53.5. The second kappa shape index (κ2) is 31.1. The zero-order valence-electron chi connectivity index (χ0n) is 68.9. The number of carboxylic acids is 1. The van der Waals surface area contributed by atoms with E-state index < -0.39 is 113 Å². The Hall–Kier alpha value is -4.20. The Bertz CT molecular complexity index is 3740. The number of hydrogen-bond donors (Lipinski definition) is 5. The van der Waals surface area contributed by atoms with Crippen molar-refractivity contribution in [3.63, 3.8) is 0 Å². The van der Waals surface area contributed by atoms with Crippen LogP contribution in [0, 0.1) is 46.8 Å². The summed E-state index contributed by atoms with van der Waals surface area (Å²) in [6, 6.07) is 9.06. The number of nitrogens with zero attached hydrogens (tertiary/aromatic N) is 1. The number of nitrogens with one attached hydrogen (secondary N) is 1. The molecule has 0 radical (unpaired) electrons. The summed E-state index contributed by atoms with van der Waals surface area (Å²) in [5.74, 6) is -5.12. The molecule has 1 aromatic rings. The number of aliphatic carboxylic acids is 1. The quantitative estimate of drug-likeness (QED) is 0.0620. The fourth-order valence-corrected chi connectivity index (χ4v) is 23.9. The van der Waals surface area contributed by atoms with E-state index in [0.29, 0.717) is 64.2 Å². The number of hydrogen-bond acceptors (Lipinski definition) is 23. The van der Waals surface area contributed by atoms with Crippen LogP contribution in [0.25, 0.3) is 0 Å². The second-order valence-corrected chi connectivity index (χ2v) is 39.4. The summed E-state index contributed by atoms with van der Waals surface area (Å²) in [4.78, 5) is 55.0. The average Bonchev–Trinajstić information content (AvgIpc) is 1.54. The van der Waals surface area contributed by atoms with Crippen LogP contribution in [-0.2, 0) is 95.6 Å². The fourth-order valence-electron chi connectivity index (χ4n) is 23.9. The van der Waals surface area contributed by atoms with E-state index in [9.17, 15) is 39.6 Å². The number of carboxylic acid groups (broad SMARTS) is 1. The van der Waals surface area contributed by atoms with Crippen LogP contribution in [0.15, 0.2) is 66.3 Å². The molecule has 0 saturated carbocycles. The molecule has 17 aliphatic heterocycles. The predicted octanol–water partition coefficient (Wildman–Crippen LogP) is 9.22. The highest BCUT2D eigenvalue weighted by Crippen LogP contribution is 2.62. The van der Waals surface area contributed by atoms with Crippen LogP contribution in [0.3, 0.4) is 0 Å². The van der Waals surface area contributed by atoms with Gasteiger partial charge < -0.3 is 102 Å². The van der Waals surface area contributed by atoms with E-state index in [2.05, 4.69) is 39.6 Å². The van der Waals surface area contributed by atoms with Crippen LogP contribution in [0.5, 0.6) is 0 Å². The first kappa shape index (κ1) is 82.5. The Kier molecular flexibility index (Phi) is 22.7. The molecule has 1 aromatic carbocycles. The number of aliphatic hydroxyl groups excluding tert-OH is 3. The summed E-state index contributed by atoms with van der Waals surface area (Å²) in [6.45, 7) is 33.1. The highest BCUT2D eigenvalue weighted by Gasteiger charge is 2.73. The molecular formula is C88H128N2O23. The van der Waals surface area contributed by atoms with Gasteiger partial charge in [0.2, 0.25) is 5.91 Å². The number of aliphatic hydroxyl groups is 3. The van der Waals surface area contributed by atoms with E-state index in [-0.39, 0.29) is 176 Å². The van der Waals surface area contributed by atoms with Gasteiger partial charge in [0.15, 0.2) is 23.1 Å². The minimum absolute atomic E-state index is 0.0154. The van der Waals surface area contributed by atoms with Crippen molar-refractivity contribution >= 4 is 23.6 Å². The maximum absolute atomic E-state index is 14.7. The Morgan fingerprint density at radius 1 is 0.655 bits per heavy atom.